The molecule has 1 aliphatic heterocycles. The molecule has 0 amide bonds. The van der Waals surface area contributed by atoms with E-state index in [-0.39, 0.29) is 0 Å². The molecule has 0 aromatic heterocycles. The first-order valence-corrected chi connectivity index (χ1v) is 7.31. The van der Waals surface area contributed by atoms with Gasteiger partial charge in [-0.15, -0.1) is 0 Å². The molecule has 1 aromatic carbocycles. The Hall–Kier alpha value is -0.860. The minimum Gasteiger partial charge on any atom is -0.377 e. The maximum Gasteiger partial charge on any atom is 0.0700 e. The highest BCUT2D eigenvalue weighted by atomic mass is 16.5. The first-order valence-electron chi connectivity index (χ1n) is 7.31. The normalized spacial score (nSPS) is 27.1. The molecular formula is C16H23NO. The van der Waals surface area contributed by atoms with Crippen molar-refractivity contribution in [3.05, 3.63) is 35.4 Å². The van der Waals surface area contributed by atoms with E-state index in [0.717, 1.165) is 25.6 Å². The van der Waals surface area contributed by atoms with E-state index in [1.54, 1.807) is 11.1 Å². The van der Waals surface area contributed by atoms with Gasteiger partial charge >= 0.3 is 0 Å². The van der Waals surface area contributed by atoms with Crippen molar-refractivity contribution in [3.8, 4) is 0 Å². The molecule has 98 valence electrons. The van der Waals surface area contributed by atoms with Crippen molar-refractivity contribution >= 4 is 0 Å². The minimum atomic E-state index is 0.473. The second-order valence-electron chi connectivity index (χ2n) is 5.67. The lowest BCUT2D eigenvalue weighted by Gasteiger charge is -2.25. The zero-order valence-corrected chi connectivity index (χ0v) is 11.0. The Morgan fingerprint density at radius 2 is 2.00 bits per heavy atom. The van der Waals surface area contributed by atoms with E-state index in [1.807, 2.05) is 0 Å². The van der Waals surface area contributed by atoms with Gasteiger partial charge in [0.25, 0.3) is 0 Å². The Kier molecular flexibility index (Phi) is 3.96. The summed E-state index contributed by atoms with van der Waals surface area (Å²) in [6.45, 7) is 3.15. The largest absolute Gasteiger partial charge is 0.377 e. The zero-order valence-electron chi connectivity index (χ0n) is 11.0. The van der Waals surface area contributed by atoms with Gasteiger partial charge in [-0.25, -0.2) is 0 Å². The van der Waals surface area contributed by atoms with Crippen LogP contribution in [0.1, 0.15) is 30.4 Å². The fourth-order valence-electron chi connectivity index (χ4n) is 3.20. The number of aryl methyl sites for hydroxylation is 1. The van der Waals surface area contributed by atoms with E-state index in [4.69, 9.17) is 4.74 Å². The minimum absolute atomic E-state index is 0.473. The van der Waals surface area contributed by atoms with Crippen LogP contribution in [0.3, 0.4) is 0 Å². The van der Waals surface area contributed by atoms with Crippen molar-refractivity contribution in [2.24, 2.45) is 5.92 Å². The molecule has 2 atom stereocenters. The lowest BCUT2D eigenvalue weighted by molar-refractivity contribution is 0.109. The molecule has 2 heteroatoms. The van der Waals surface area contributed by atoms with E-state index in [2.05, 4.69) is 29.6 Å². The quantitative estimate of drug-likeness (QED) is 0.880. The highest BCUT2D eigenvalue weighted by Gasteiger charge is 2.19. The lowest BCUT2D eigenvalue weighted by atomic mass is 9.84. The average Bonchev–Trinajstić information content (AvgIpc) is 2.92. The molecule has 0 saturated carbocycles. The molecular weight excluding hydrogens is 222 g/mol. The van der Waals surface area contributed by atoms with E-state index >= 15 is 0 Å². The van der Waals surface area contributed by atoms with Crippen molar-refractivity contribution < 1.29 is 4.74 Å². The van der Waals surface area contributed by atoms with Gasteiger partial charge in [-0.1, -0.05) is 24.3 Å². The smallest absolute Gasteiger partial charge is 0.0700 e. The Balaban J connectivity index is 1.44. The van der Waals surface area contributed by atoms with Gasteiger partial charge in [0.1, 0.15) is 0 Å². The van der Waals surface area contributed by atoms with Crippen LogP contribution in [-0.4, -0.2) is 25.8 Å². The van der Waals surface area contributed by atoms with Gasteiger partial charge in [0.05, 0.1) is 6.10 Å². The molecule has 1 N–H and O–H groups in total. The highest BCUT2D eigenvalue weighted by Crippen LogP contribution is 2.24. The van der Waals surface area contributed by atoms with E-state index in [0.29, 0.717) is 6.10 Å². The fraction of sp³-hybridized carbons (Fsp3) is 0.625. The summed E-state index contributed by atoms with van der Waals surface area (Å²) in [7, 11) is 0. The van der Waals surface area contributed by atoms with Crippen LogP contribution in [0.15, 0.2) is 24.3 Å². The van der Waals surface area contributed by atoms with Crippen LogP contribution in [0.2, 0.25) is 0 Å². The monoisotopic (exact) mass is 245 g/mol. The third kappa shape index (κ3) is 2.93. The first-order chi connectivity index (χ1) is 8.92. The standard InChI is InChI=1S/C16H23NO/c1-2-5-15-10-13(7-8-14(15)4-1)11-17-12-16-6-3-9-18-16/h1-2,4-5,13,16-17H,3,6-12H2. The number of benzene rings is 1. The average molecular weight is 245 g/mol. The second kappa shape index (κ2) is 5.85. The zero-order chi connectivity index (χ0) is 12.2. The van der Waals surface area contributed by atoms with Gasteiger partial charge in [0, 0.05) is 13.2 Å². The number of rotatable bonds is 4. The van der Waals surface area contributed by atoms with Gasteiger partial charge in [-0.05, 0) is 55.7 Å². The number of nitrogens with one attached hydrogen (secondary N) is 1. The molecule has 18 heavy (non-hydrogen) atoms. The second-order valence-corrected chi connectivity index (χ2v) is 5.67. The Bertz CT molecular complexity index is 384. The predicted molar refractivity (Wildman–Crippen MR) is 73.8 cm³/mol. The molecule has 0 bridgehead atoms. The van der Waals surface area contributed by atoms with Crippen molar-refractivity contribution in [2.75, 3.05) is 19.7 Å². The molecule has 2 aliphatic rings. The molecule has 3 rings (SSSR count). The Morgan fingerprint density at radius 1 is 1.11 bits per heavy atom. The van der Waals surface area contributed by atoms with Crippen LogP contribution < -0.4 is 5.32 Å². The molecule has 2 nitrogen and oxygen atoms in total. The van der Waals surface area contributed by atoms with E-state index < -0.39 is 0 Å². The van der Waals surface area contributed by atoms with Gasteiger partial charge in [0.15, 0.2) is 0 Å². The van der Waals surface area contributed by atoms with Crippen molar-refractivity contribution in [1.29, 1.82) is 0 Å². The van der Waals surface area contributed by atoms with Gasteiger partial charge < -0.3 is 10.1 Å². The van der Waals surface area contributed by atoms with Crippen LogP contribution in [0, 0.1) is 5.92 Å². The van der Waals surface area contributed by atoms with Crippen LogP contribution >= 0.6 is 0 Å². The summed E-state index contributed by atoms with van der Waals surface area (Å²) in [5, 5.41) is 3.60. The van der Waals surface area contributed by atoms with Gasteiger partial charge in [0.2, 0.25) is 0 Å². The maximum absolute atomic E-state index is 5.64. The van der Waals surface area contributed by atoms with Crippen LogP contribution in [0.4, 0.5) is 0 Å². The van der Waals surface area contributed by atoms with Crippen molar-refractivity contribution in [2.45, 2.75) is 38.2 Å². The first kappa shape index (κ1) is 12.2. The summed E-state index contributed by atoms with van der Waals surface area (Å²) in [5.74, 6) is 0.807. The van der Waals surface area contributed by atoms with Crippen LogP contribution in [0.25, 0.3) is 0 Å². The van der Waals surface area contributed by atoms with E-state index in [1.165, 1.54) is 32.1 Å². The third-order valence-corrected chi connectivity index (χ3v) is 4.28. The molecule has 0 spiro atoms. The molecule has 1 aromatic rings. The summed E-state index contributed by atoms with van der Waals surface area (Å²) in [6, 6.07) is 8.91. The van der Waals surface area contributed by atoms with Gasteiger partial charge in [-0.3, -0.25) is 0 Å². The topological polar surface area (TPSA) is 21.3 Å². The maximum atomic E-state index is 5.64. The highest BCUT2D eigenvalue weighted by molar-refractivity contribution is 5.29. The van der Waals surface area contributed by atoms with Gasteiger partial charge in [-0.2, -0.15) is 0 Å². The van der Waals surface area contributed by atoms with E-state index in [9.17, 15) is 0 Å². The molecule has 0 radical (unpaired) electrons. The number of ether oxygens (including phenoxy) is 1. The molecule has 1 fully saturated rings. The summed E-state index contributed by atoms with van der Waals surface area (Å²) in [6.07, 6.45) is 6.77. The Morgan fingerprint density at radius 3 is 2.83 bits per heavy atom. The summed E-state index contributed by atoms with van der Waals surface area (Å²) in [5.41, 5.74) is 3.13. The molecule has 2 unspecified atom stereocenters. The molecule has 1 saturated heterocycles. The SMILES string of the molecule is c1ccc2c(c1)CCC(CNCC1CCCO1)C2. The third-order valence-electron chi connectivity index (χ3n) is 4.28. The van der Waals surface area contributed by atoms with Crippen LogP contribution in [-0.2, 0) is 17.6 Å². The number of fused-ring (bicyclic) bond motifs is 1. The van der Waals surface area contributed by atoms with Crippen molar-refractivity contribution in [1.82, 2.24) is 5.32 Å². The van der Waals surface area contributed by atoms with Crippen LogP contribution in [0.5, 0.6) is 0 Å². The summed E-state index contributed by atoms with van der Waals surface area (Å²) in [4.78, 5) is 0. The van der Waals surface area contributed by atoms with Crippen molar-refractivity contribution in [3.63, 3.8) is 0 Å². The molecule has 1 aliphatic carbocycles. The number of hydrogen-bond donors (Lipinski definition) is 1. The Labute approximate surface area is 110 Å². The lowest BCUT2D eigenvalue weighted by Crippen LogP contribution is -2.32. The summed E-state index contributed by atoms with van der Waals surface area (Å²) < 4.78 is 5.64. The fourth-order valence-corrected chi connectivity index (χ4v) is 3.20. The predicted octanol–water partition coefficient (Wildman–Crippen LogP) is 2.56. The summed E-state index contributed by atoms with van der Waals surface area (Å²) >= 11 is 0. The molecule has 1 heterocycles. The number of hydrogen-bond acceptors (Lipinski definition) is 2.